The molecule has 0 unspecified atom stereocenters. The molecule has 3 rings (SSSR count). The van der Waals surface area contributed by atoms with Crippen molar-refractivity contribution < 1.29 is 0 Å². The summed E-state index contributed by atoms with van der Waals surface area (Å²) in [4.78, 5) is 0. The Morgan fingerprint density at radius 3 is 2.65 bits per heavy atom. The molecule has 4 nitrogen and oxygen atoms in total. The van der Waals surface area contributed by atoms with Crippen LogP contribution in [0.4, 0.5) is 0 Å². The number of benzene rings is 1. The van der Waals surface area contributed by atoms with E-state index in [1.807, 2.05) is 43.3 Å². The van der Waals surface area contributed by atoms with E-state index in [1.54, 1.807) is 4.52 Å². The van der Waals surface area contributed by atoms with Gasteiger partial charge in [-0.2, -0.15) is 9.61 Å². The minimum Gasteiger partial charge on any atom is -0.191 e. The Bertz CT molecular complexity index is 676. The second kappa shape index (κ2) is 4.06. The molecule has 0 spiro atoms. The number of nitrogens with zero attached hydrogens (tertiary/aromatic N) is 4. The maximum absolute atomic E-state index is 4.45. The predicted molar refractivity (Wildman–Crippen MR) is 73.7 cm³/mol. The zero-order valence-corrected chi connectivity index (χ0v) is 11.3. The fraction of sp³-hybridized carbons (Fsp3) is 0.0833. The summed E-state index contributed by atoms with van der Waals surface area (Å²) >= 11 is 2.20. The predicted octanol–water partition coefficient (Wildman–Crippen LogP) is 2.70. The van der Waals surface area contributed by atoms with E-state index in [-0.39, 0.29) is 0 Å². The molecule has 2 aromatic heterocycles. The standard InChI is InChI=1S/C12H9IN4/c1-8-7-10(13)16-17-11(8)14-15-12(17)9-5-3-2-4-6-9/h2-7H,1H3. The highest BCUT2D eigenvalue weighted by molar-refractivity contribution is 14.1. The molecule has 3 aromatic rings. The van der Waals surface area contributed by atoms with Crippen LogP contribution in [0.1, 0.15) is 5.56 Å². The van der Waals surface area contributed by atoms with Crippen molar-refractivity contribution in [3.63, 3.8) is 0 Å². The molecule has 0 fully saturated rings. The first-order valence-corrected chi connectivity index (χ1v) is 6.27. The summed E-state index contributed by atoms with van der Waals surface area (Å²) in [5.74, 6) is 0.780. The molecule has 84 valence electrons. The number of aromatic nitrogens is 4. The van der Waals surface area contributed by atoms with Crippen LogP contribution in [0.5, 0.6) is 0 Å². The summed E-state index contributed by atoms with van der Waals surface area (Å²) in [6.45, 7) is 2.02. The molecule has 0 aliphatic rings. The van der Waals surface area contributed by atoms with Gasteiger partial charge in [-0.25, -0.2) is 0 Å². The lowest BCUT2D eigenvalue weighted by atomic mass is 10.2. The maximum atomic E-state index is 4.45. The van der Waals surface area contributed by atoms with Gasteiger partial charge in [-0.05, 0) is 41.1 Å². The zero-order valence-electron chi connectivity index (χ0n) is 9.13. The summed E-state index contributed by atoms with van der Waals surface area (Å²) in [5.41, 5.74) is 2.91. The Morgan fingerprint density at radius 2 is 1.88 bits per heavy atom. The van der Waals surface area contributed by atoms with E-state index in [1.165, 1.54) is 0 Å². The Labute approximate surface area is 112 Å². The Morgan fingerprint density at radius 1 is 1.12 bits per heavy atom. The Balaban J connectivity index is 2.32. The van der Waals surface area contributed by atoms with Gasteiger partial charge in [0.1, 0.15) is 3.70 Å². The average molecular weight is 336 g/mol. The van der Waals surface area contributed by atoms with Crippen LogP contribution >= 0.6 is 22.6 Å². The van der Waals surface area contributed by atoms with Crippen molar-refractivity contribution in [3.05, 3.63) is 45.7 Å². The molecular formula is C12H9IN4. The van der Waals surface area contributed by atoms with Crippen molar-refractivity contribution >= 4 is 28.2 Å². The van der Waals surface area contributed by atoms with Gasteiger partial charge in [-0.1, -0.05) is 30.3 Å². The molecule has 0 saturated carbocycles. The lowest BCUT2D eigenvalue weighted by molar-refractivity contribution is 0.908. The average Bonchev–Trinajstić information content (AvgIpc) is 2.74. The van der Waals surface area contributed by atoms with Crippen LogP contribution in [0.2, 0.25) is 0 Å². The quantitative estimate of drug-likeness (QED) is 0.642. The second-order valence-electron chi connectivity index (χ2n) is 3.78. The van der Waals surface area contributed by atoms with Gasteiger partial charge >= 0.3 is 0 Å². The summed E-state index contributed by atoms with van der Waals surface area (Å²) in [6, 6.07) is 12.0. The molecule has 5 heteroatoms. The Kier molecular flexibility index (Phi) is 2.54. The number of hydrogen-bond donors (Lipinski definition) is 0. The number of aryl methyl sites for hydroxylation is 1. The van der Waals surface area contributed by atoms with Crippen LogP contribution in [0.25, 0.3) is 17.0 Å². The van der Waals surface area contributed by atoms with E-state index >= 15 is 0 Å². The number of rotatable bonds is 1. The van der Waals surface area contributed by atoms with Crippen molar-refractivity contribution in [2.24, 2.45) is 0 Å². The van der Waals surface area contributed by atoms with Gasteiger partial charge in [0.15, 0.2) is 11.5 Å². The van der Waals surface area contributed by atoms with E-state index in [0.29, 0.717) is 0 Å². The number of fused-ring (bicyclic) bond motifs is 1. The normalized spacial score (nSPS) is 10.9. The van der Waals surface area contributed by atoms with Crippen LogP contribution in [0.15, 0.2) is 36.4 Å². The van der Waals surface area contributed by atoms with E-state index < -0.39 is 0 Å². The highest BCUT2D eigenvalue weighted by Crippen LogP contribution is 2.19. The zero-order chi connectivity index (χ0) is 11.8. The molecule has 0 amide bonds. The molecule has 0 N–H and O–H groups in total. The van der Waals surface area contributed by atoms with Gasteiger partial charge in [0.25, 0.3) is 0 Å². The van der Waals surface area contributed by atoms with Gasteiger partial charge in [-0.3, -0.25) is 0 Å². The monoisotopic (exact) mass is 336 g/mol. The third-order valence-corrected chi connectivity index (χ3v) is 3.08. The summed E-state index contributed by atoms with van der Waals surface area (Å²) in [5, 5.41) is 12.8. The van der Waals surface area contributed by atoms with E-state index in [0.717, 1.165) is 26.3 Å². The highest BCUT2D eigenvalue weighted by Gasteiger charge is 2.11. The molecular weight excluding hydrogens is 327 g/mol. The minimum atomic E-state index is 0.780. The van der Waals surface area contributed by atoms with E-state index in [2.05, 4.69) is 37.9 Å². The van der Waals surface area contributed by atoms with Crippen molar-refractivity contribution in [3.8, 4) is 11.4 Å². The van der Waals surface area contributed by atoms with Crippen LogP contribution in [0, 0.1) is 10.6 Å². The first kappa shape index (κ1) is 10.6. The maximum Gasteiger partial charge on any atom is 0.185 e. The van der Waals surface area contributed by atoms with Gasteiger partial charge in [-0.15, -0.1) is 10.2 Å². The van der Waals surface area contributed by atoms with Gasteiger partial charge in [0, 0.05) is 5.56 Å². The second-order valence-corrected chi connectivity index (χ2v) is 4.88. The first-order valence-electron chi connectivity index (χ1n) is 5.20. The molecule has 0 saturated heterocycles. The Hall–Kier alpha value is -1.50. The van der Waals surface area contributed by atoms with Gasteiger partial charge < -0.3 is 0 Å². The van der Waals surface area contributed by atoms with Crippen LogP contribution < -0.4 is 0 Å². The van der Waals surface area contributed by atoms with E-state index in [4.69, 9.17) is 0 Å². The molecule has 0 aliphatic heterocycles. The van der Waals surface area contributed by atoms with Crippen molar-refractivity contribution in [2.75, 3.05) is 0 Å². The topological polar surface area (TPSA) is 43.1 Å². The molecule has 0 atom stereocenters. The summed E-state index contributed by atoms with van der Waals surface area (Å²) < 4.78 is 2.73. The smallest absolute Gasteiger partial charge is 0.185 e. The van der Waals surface area contributed by atoms with Crippen LogP contribution in [-0.2, 0) is 0 Å². The summed E-state index contributed by atoms with van der Waals surface area (Å²) in [6.07, 6.45) is 0. The first-order chi connectivity index (χ1) is 8.25. The van der Waals surface area contributed by atoms with Crippen LogP contribution in [-0.4, -0.2) is 19.8 Å². The van der Waals surface area contributed by atoms with Crippen molar-refractivity contribution in [1.29, 1.82) is 0 Å². The van der Waals surface area contributed by atoms with Gasteiger partial charge in [0.2, 0.25) is 0 Å². The van der Waals surface area contributed by atoms with Gasteiger partial charge in [0.05, 0.1) is 0 Å². The molecule has 2 heterocycles. The van der Waals surface area contributed by atoms with Crippen molar-refractivity contribution in [1.82, 2.24) is 19.8 Å². The van der Waals surface area contributed by atoms with E-state index in [9.17, 15) is 0 Å². The SMILES string of the molecule is Cc1cc(I)nn2c(-c3ccccc3)nnc12. The molecule has 17 heavy (non-hydrogen) atoms. The minimum absolute atomic E-state index is 0.780. The third kappa shape index (κ3) is 1.80. The molecule has 1 aromatic carbocycles. The molecule has 0 bridgehead atoms. The summed E-state index contributed by atoms with van der Waals surface area (Å²) in [7, 11) is 0. The number of hydrogen-bond acceptors (Lipinski definition) is 3. The third-order valence-electron chi connectivity index (χ3n) is 2.56. The van der Waals surface area contributed by atoms with Crippen molar-refractivity contribution in [2.45, 2.75) is 6.92 Å². The largest absolute Gasteiger partial charge is 0.191 e. The lowest BCUT2D eigenvalue weighted by Crippen LogP contribution is -1.98. The fourth-order valence-corrected chi connectivity index (χ4v) is 2.44. The van der Waals surface area contributed by atoms with Crippen LogP contribution in [0.3, 0.4) is 0 Å². The molecule has 0 aliphatic carbocycles. The number of halogens is 1. The highest BCUT2D eigenvalue weighted by atomic mass is 127. The molecule has 0 radical (unpaired) electrons. The fourth-order valence-electron chi connectivity index (χ4n) is 1.76. The lowest BCUT2D eigenvalue weighted by Gasteiger charge is -2.01.